The van der Waals surface area contributed by atoms with Crippen molar-refractivity contribution in [2.45, 2.75) is 39.2 Å². The summed E-state index contributed by atoms with van der Waals surface area (Å²) in [4.78, 5) is 33.0. The van der Waals surface area contributed by atoms with E-state index in [9.17, 15) is 9.59 Å². The van der Waals surface area contributed by atoms with E-state index in [0.29, 0.717) is 17.6 Å². The van der Waals surface area contributed by atoms with Crippen LogP contribution in [0.5, 0.6) is 0 Å². The zero-order valence-corrected chi connectivity index (χ0v) is 19.3. The molecule has 3 heterocycles. The van der Waals surface area contributed by atoms with Gasteiger partial charge in [-0.25, -0.2) is 9.59 Å². The Balaban J connectivity index is 1.41. The molecule has 1 amide bonds. The number of H-pyrrole nitrogens is 1. The minimum atomic E-state index is -0.553. The van der Waals surface area contributed by atoms with E-state index in [1.54, 1.807) is 17.3 Å². The van der Waals surface area contributed by atoms with Gasteiger partial charge in [-0.2, -0.15) is 0 Å². The number of aryl methyl sites for hydroxylation is 1. The number of fused-ring (bicyclic) bond motifs is 2. The number of hydrogen-bond acceptors (Lipinski definition) is 6. The molecule has 0 spiro atoms. The highest BCUT2D eigenvalue weighted by molar-refractivity contribution is 5.90. The Bertz CT molecular complexity index is 1430. The second-order valence-corrected chi connectivity index (χ2v) is 9.39. The van der Waals surface area contributed by atoms with E-state index in [2.05, 4.69) is 15.3 Å². The Morgan fingerprint density at radius 1 is 1.09 bits per heavy atom. The van der Waals surface area contributed by atoms with Crippen LogP contribution in [0.1, 0.15) is 32.8 Å². The fourth-order valence-electron chi connectivity index (χ4n) is 4.12. The molecule has 8 heteroatoms. The topological polar surface area (TPSA) is 100 Å². The van der Waals surface area contributed by atoms with Gasteiger partial charge in [-0.15, -0.1) is 0 Å². The molecule has 1 aliphatic rings. The van der Waals surface area contributed by atoms with E-state index in [-0.39, 0.29) is 6.09 Å². The summed E-state index contributed by atoms with van der Waals surface area (Å²) in [6.45, 7) is 6.24. The predicted molar refractivity (Wildman–Crippen MR) is 132 cm³/mol. The van der Waals surface area contributed by atoms with Crippen molar-refractivity contribution in [1.29, 1.82) is 0 Å². The molecular formula is C26H26N4O4. The van der Waals surface area contributed by atoms with Crippen LogP contribution in [0.25, 0.3) is 22.2 Å². The van der Waals surface area contributed by atoms with Gasteiger partial charge in [0, 0.05) is 24.0 Å². The first kappa shape index (κ1) is 21.8. The number of pyridine rings is 1. The summed E-state index contributed by atoms with van der Waals surface area (Å²) in [6.07, 6.45) is 4.99. The standard InChI is InChI=1S/C26H26N4O4/c1-26(2,3)34-25(32)30-10-4-5-16-6-8-19(13-22(16)30)28-20-11-18(14-27-15-20)17-7-9-21-23(12-17)33-24(31)29-21/h6-9,11-15,28H,4-5,10H2,1-3H3,(H,29,31). The van der Waals surface area contributed by atoms with Gasteiger partial charge in [-0.1, -0.05) is 12.1 Å². The molecule has 34 heavy (non-hydrogen) atoms. The number of aromatic amines is 1. The molecule has 0 atom stereocenters. The smallest absolute Gasteiger partial charge is 0.417 e. The Hall–Kier alpha value is -4.07. The van der Waals surface area contributed by atoms with Crippen molar-refractivity contribution in [2.75, 3.05) is 16.8 Å². The third-order valence-corrected chi connectivity index (χ3v) is 5.60. The van der Waals surface area contributed by atoms with Gasteiger partial charge in [0.2, 0.25) is 0 Å². The number of benzene rings is 2. The van der Waals surface area contributed by atoms with Crippen molar-refractivity contribution >= 4 is 34.3 Å². The summed E-state index contributed by atoms with van der Waals surface area (Å²) in [5.74, 6) is -0.478. The van der Waals surface area contributed by atoms with Gasteiger partial charge in [0.05, 0.1) is 23.1 Å². The maximum atomic E-state index is 12.8. The van der Waals surface area contributed by atoms with Gasteiger partial charge < -0.3 is 14.5 Å². The van der Waals surface area contributed by atoms with Crippen LogP contribution in [0.3, 0.4) is 0 Å². The quantitative estimate of drug-likeness (QED) is 0.414. The lowest BCUT2D eigenvalue weighted by Gasteiger charge is -2.32. The number of amides is 1. The summed E-state index contributed by atoms with van der Waals surface area (Å²) in [5, 5.41) is 3.39. The van der Waals surface area contributed by atoms with E-state index in [4.69, 9.17) is 9.15 Å². The summed E-state index contributed by atoms with van der Waals surface area (Å²) in [6, 6.07) is 13.5. The van der Waals surface area contributed by atoms with Crippen LogP contribution >= 0.6 is 0 Å². The Morgan fingerprint density at radius 2 is 1.94 bits per heavy atom. The number of carbonyl (C=O) groups is 1. The van der Waals surface area contributed by atoms with Gasteiger partial charge in [0.15, 0.2) is 5.58 Å². The van der Waals surface area contributed by atoms with Crippen molar-refractivity contribution in [3.63, 3.8) is 0 Å². The van der Waals surface area contributed by atoms with E-state index in [0.717, 1.165) is 46.6 Å². The van der Waals surface area contributed by atoms with E-state index in [1.165, 1.54) is 0 Å². The third-order valence-electron chi connectivity index (χ3n) is 5.60. The SMILES string of the molecule is CC(C)(C)OC(=O)N1CCCc2ccc(Nc3cncc(-c4ccc5[nH]c(=O)oc5c4)c3)cc21. The highest BCUT2D eigenvalue weighted by Crippen LogP contribution is 2.33. The molecule has 0 aliphatic carbocycles. The molecule has 4 aromatic rings. The zero-order valence-electron chi connectivity index (χ0n) is 19.3. The normalized spacial score (nSPS) is 13.6. The average molecular weight is 459 g/mol. The molecule has 1 aliphatic heterocycles. The lowest BCUT2D eigenvalue weighted by atomic mass is 10.0. The number of nitrogens with zero attached hydrogens (tertiary/aromatic N) is 2. The summed E-state index contributed by atoms with van der Waals surface area (Å²) in [5.41, 5.74) is 5.99. The van der Waals surface area contributed by atoms with Crippen LogP contribution in [-0.4, -0.2) is 28.2 Å². The molecule has 0 unspecified atom stereocenters. The maximum Gasteiger partial charge on any atom is 0.417 e. The van der Waals surface area contributed by atoms with Crippen molar-refractivity contribution in [1.82, 2.24) is 9.97 Å². The molecule has 174 valence electrons. The van der Waals surface area contributed by atoms with Gasteiger partial charge >= 0.3 is 11.8 Å². The first-order chi connectivity index (χ1) is 16.2. The van der Waals surface area contributed by atoms with Crippen LogP contribution in [0.2, 0.25) is 0 Å². The number of ether oxygens (including phenoxy) is 1. The van der Waals surface area contributed by atoms with Gasteiger partial charge in [-0.3, -0.25) is 14.9 Å². The minimum absolute atomic E-state index is 0.332. The molecule has 8 nitrogen and oxygen atoms in total. The fraction of sp³-hybridized carbons (Fsp3) is 0.269. The zero-order chi connectivity index (χ0) is 23.9. The largest absolute Gasteiger partial charge is 0.443 e. The second kappa shape index (κ2) is 8.37. The Labute approximate surface area is 196 Å². The van der Waals surface area contributed by atoms with Crippen molar-refractivity contribution in [3.05, 3.63) is 71.0 Å². The number of rotatable bonds is 3. The van der Waals surface area contributed by atoms with E-state index < -0.39 is 11.4 Å². The van der Waals surface area contributed by atoms with Gasteiger partial charge in [-0.05, 0) is 75.1 Å². The molecule has 0 bridgehead atoms. The monoisotopic (exact) mass is 458 g/mol. The molecule has 0 saturated heterocycles. The van der Waals surface area contributed by atoms with Crippen LogP contribution in [0.15, 0.2) is 64.1 Å². The van der Waals surface area contributed by atoms with Crippen LogP contribution < -0.4 is 16.0 Å². The molecule has 0 saturated carbocycles. The maximum absolute atomic E-state index is 12.8. The first-order valence-corrected chi connectivity index (χ1v) is 11.2. The molecule has 0 fully saturated rings. The number of carbonyl (C=O) groups excluding carboxylic acids is 1. The van der Waals surface area contributed by atoms with Crippen LogP contribution in [-0.2, 0) is 11.2 Å². The van der Waals surface area contributed by atoms with Gasteiger partial charge in [0.1, 0.15) is 5.60 Å². The van der Waals surface area contributed by atoms with Gasteiger partial charge in [0.25, 0.3) is 0 Å². The molecule has 0 radical (unpaired) electrons. The second-order valence-electron chi connectivity index (χ2n) is 9.39. The van der Waals surface area contributed by atoms with E-state index in [1.807, 2.05) is 63.2 Å². The van der Waals surface area contributed by atoms with Crippen molar-refractivity contribution in [3.8, 4) is 11.1 Å². The number of nitrogens with one attached hydrogen (secondary N) is 2. The Kier molecular flexibility index (Phi) is 5.36. The summed E-state index contributed by atoms with van der Waals surface area (Å²) in [7, 11) is 0. The highest BCUT2D eigenvalue weighted by atomic mass is 16.6. The van der Waals surface area contributed by atoms with Crippen LogP contribution in [0.4, 0.5) is 21.9 Å². The molecule has 2 N–H and O–H groups in total. The predicted octanol–water partition coefficient (Wildman–Crippen LogP) is 5.61. The van der Waals surface area contributed by atoms with Crippen LogP contribution in [0, 0.1) is 0 Å². The number of hydrogen-bond donors (Lipinski definition) is 2. The molecule has 2 aromatic heterocycles. The van der Waals surface area contributed by atoms with E-state index >= 15 is 0 Å². The third kappa shape index (κ3) is 4.52. The lowest BCUT2D eigenvalue weighted by Crippen LogP contribution is -2.39. The lowest BCUT2D eigenvalue weighted by molar-refractivity contribution is 0.0578. The number of oxazole rings is 1. The minimum Gasteiger partial charge on any atom is -0.443 e. The number of aromatic nitrogens is 2. The fourth-order valence-corrected chi connectivity index (χ4v) is 4.12. The molecule has 5 rings (SSSR count). The van der Waals surface area contributed by atoms with Crippen molar-refractivity contribution < 1.29 is 13.9 Å². The summed E-state index contributed by atoms with van der Waals surface area (Å²) < 4.78 is 10.8. The first-order valence-electron chi connectivity index (χ1n) is 11.2. The number of anilines is 3. The molecular weight excluding hydrogens is 432 g/mol. The van der Waals surface area contributed by atoms with Crippen molar-refractivity contribution in [2.24, 2.45) is 0 Å². The Morgan fingerprint density at radius 3 is 2.76 bits per heavy atom. The average Bonchev–Trinajstić information content (AvgIpc) is 3.17. The highest BCUT2D eigenvalue weighted by Gasteiger charge is 2.27. The molecule has 2 aromatic carbocycles. The summed E-state index contributed by atoms with van der Waals surface area (Å²) >= 11 is 0.